The molecule has 2 saturated carbocycles. The molecule has 1 N–H and O–H groups in total. The average Bonchev–Trinajstić information content (AvgIpc) is 3.32. The van der Waals surface area contributed by atoms with Gasteiger partial charge >= 0.3 is 10.1 Å². The summed E-state index contributed by atoms with van der Waals surface area (Å²) in [5.41, 5.74) is 1.37. The number of allylic oxidation sites excluding steroid dienone is 2. The molecule has 0 spiro atoms. The molecule has 4 rings (SSSR count). The smallest absolute Gasteiger partial charge is 0.329 e. The van der Waals surface area contributed by atoms with Crippen LogP contribution in [-0.4, -0.2) is 30.4 Å². The highest BCUT2D eigenvalue weighted by molar-refractivity contribution is 8.18. The third-order valence-electron chi connectivity index (χ3n) is 7.43. The maximum absolute atomic E-state index is 12.8. The molecule has 2 fully saturated rings. The second kappa shape index (κ2) is 7.80. The summed E-state index contributed by atoms with van der Waals surface area (Å²) in [6.45, 7) is 6.03. The molecule has 1 aromatic carbocycles. The van der Waals surface area contributed by atoms with Gasteiger partial charge in [-0.25, -0.2) is 0 Å². The molecule has 2 aliphatic carbocycles. The van der Waals surface area contributed by atoms with Crippen molar-refractivity contribution in [2.45, 2.75) is 46.1 Å². The highest BCUT2D eigenvalue weighted by Crippen LogP contribution is 2.66. The summed E-state index contributed by atoms with van der Waals surface area (Å²) in [4.78, 5) is 0.695. The molecule has 0 aromatic heterocycles. The fourth-order valence-corrected chi connectivity index (χ4v) is 7.89. The number of thioether (sulfide) groups is 1. The molecule has 3 unspecified atom stereocenters. The van der Waals surface area contributed by atoms with Gasteiger partial charge in [-0.1, -0.05) is 55.0 Å². The van der Waals surface area contributed by atoms with Crippen molar-refractivity contribution in [3.63, 3.8) is 0 Å². The lowest BCUT2D eigenvalue weighted by atomic mass is 9.70. The number of aliphatic hydroxyl groups excluding tert-OH is 1. The molecular formula is C23H26N2O4S2. The van der Waals surface area contributed by atoms with E-state index in [1.54, 1.807) is 12.2 Å². The van der Waals surface area contributed by atoms with Gasteiger partial charge in [0.2, 0.25) is 0 Å². The van der Waals surface area contributed by atoms with Crippen LogP contribution in [-0.2, 0) is 14.4 Å². The fraction of sp³-hybridized carbons (Fsp3) is 0.478. The van der Waals surface area contributed by atoms with Gasteiger partial charge in [0.1, 0.15) is 11.1 Å². The van der Waals surface area contributed by atoms with Crippen molar-refractivity contribution in [2.24, 2.45) is 21.9 Å². The Bertz CT molecular complexity index is 1140. The maximum Gasteiger partial charge on any atom is 0.329 e. The molecule has 1 aromatic rings. The Balaban J connectivity index is 1.51. The number of hydrogen-bond acceptors (Lipinski definition) is 7. The lowest BCUT2D eigenvalue weighted by molar-refractivity contribution is 0.0136. The maximum atomic E-state index is 12.8. The molecule has 8 heteroatoms. The lowest BCUT2D eigenvalue weighted by Gasteiger charge is -2.39. The molecular weight excluding hydrogens is 432 g/mol. The van der Waals surface area contributed by atoms with E-state index in [9.17, 15) is 18.8 Å². The zero-order valence-electron chi connectivity index (χ0n) is 17.8. The van der Waals surface area contributed by atoms with Gasteiger partial charge in [-0.15, -0.1) is 0 Å². The van der Waals surface area contributed by atoms with Crippen molar-refractivity contribution in [2.75, 3.05) is 5.75 Å². The van der Waals surface area contributed by atoms with Crippen molar-refractivity contribution in [3.8, 4) is 6.07 Å². The van der Waals surface area contributed by atoms with E-state index in [1.807, 2.05) is 45.0 Å². The quantitative estimate of drug-likeness (QED) is 0.519. The van der Waals surface area contributed by atoms with E-state index < -0.39 is 21.6 Å². The number of hydrogen-bond donors (Lipinski definition) is 1. The summed E-state index contributed by atoms with van der Waals surface area (Å²) in [7, 11) is -3.98. The van der Waals surface area contributed by atoms with Crippen LogP contribution in [0.1, 0.15) is 44.2 Å². The van der Waals surface area contributed by atoms with E-state index in [4.69, 9.17) is 4.28 Å². The molecule has 164 valence electrons. The Kier molecular flexibility index (Phi) is 5.57. The van der Waals surface area contributed by atoms with Crippen LogP contribution in [0.5, 0.6) is 0 Å². The molecule has 0 saturated heterocycles. The van der Waals surface area contributed by atoms with Crippen molar-refractivity contribution in [1.82, 2.24) is 0 Å². The highest BCUT2D eigenvalue weighted by atomic mass is 32.2. The van der Waals surface area contributed by atoms with E-state index in [-0.39, 0.29) is 11.2 Å². The van der Waals surface area contributed by atoms with Crippen LogP contribution >= 0.6 is 11.8 Å². The number of rotatable bonds is 5. The number of benzene rings is 1. The third-order valence-corrected chi connectivity index (χ3v) is 9.58. The van der Waals surface area contributed by atoms with Crippen LogP contribution in [0.25, 0.3) is 5.57 Å². The first kappa shape index (κ1) is 22.1. The van der Waals surface area contributed by atoms with Crippen molar-refractivity contribution in [1.29, 1.82) is 5.26 Å². The largest absolute Gasteiger partial charge is 0.392 e. The van der Waals surface area contributed by atoms with Crippen molar-refractivity contribution in [3.05, 3.63) is 52.4 Å². The average molecular weight is 459 g/mol. The number of nitrogens with zero attached hydrogens (tertiary/aromatic N) is 2. The second-order valence-electron chi connectivity index (χ2n) is 9.17. The number of aryl methyl sites for hydroxylation is 1. The van der Waals surface area contributed by atoms with Gasteiger partial charge in [0.25, 0.3) is 0 Å². The molecule has 31 heavy (non-hydrogen) atoms. The Labute approximate surface area is 187 Å². The minimum absolute atomic E-state index is 0.245. The van der Waals surface area contributed by atoms with E-state index in [1.165, 1.54) is 11.8 Å². The van der Waals surface area contributed by atoms with Gasteiger partial charge in [-0.05, 0) is 60.8 Å². The molecule has 3 aliphatic rings. The Morgan fingerprint density at radius 2 is 2.10 bits per heavy atom. The highest BCUT2D eigenvalue weighted by Gasteiger charge is 2.65. The summed E-state index contributed by atoms with van der Waals surface area (Å²) in [5.74, 6) is 0.0847. The SMILES string of the molecule is Cc1ccccc1/C(C#N)=C1C=C/C(=N\OS(=O)(=O)CC23CCC(CC2O)C3(C)C)S\1. The minimum atomic E-state index is -3.98. The van der Waals surface area contributed by atoms with Crippen LogP contribution in [0.2, 0.25) is 0 Å². The lowest BCUT2D eigenvalue weighted by Crippen LogP contribution is -2.44. The number of fused-ring (bicyclic) bond motifs is 2. The first-order valence-electron chi connectivity index (χ1n) is 10.3. The van der Waals surface area contributed by atoms with Crippen LogP contribution in [0.4, 0.5) is 0 Å². The third kappa shape index (κ3) is 3.73. The van der Waals surface area contributed by atoms with Crippen LogP contribution in [0, 0.1) is 35.0 Å². The number of aliphatic hydroxyl groups is 1. The predicted octanol–water partition coefficient (Wildman–Crippen LogP) is 4.38. The monoisotopic (exact) mass is 458 g/mol. The summed E-state index contributed by atoms with van der Waals surface area (Å²) in [6, 6.07) is 9.85. The molecule has 1 aliphatic heterocycles. The van der Waals surface area contributed by atoms with Crippen molar-refractivity contribution < 1.29 is 17.8 Å². The number of oxime groups is 1. The molecule has 3 atom stereocenters. The summed E-state index contributed by atoms with van der Waals surface area (Å²) < 4.78 is 30.5. The molecule has 0 amide bonds. The number of nitriles is 1. The van der Waals surface area contributed by atoms with Gasteiger partial charge in [0.15, 0.2) is 0 Å². The summed E-state index contributed by atoms with van der Waals surface area (Å²) in [6.07, 6.45) is 4.98. The van der Waals surface area contributed by atoms with E-state index in [0.717, 1.165) is 17.5 Å². The van der Waals surface area contributed by atoms with Gasteiger partial charge < -0.3 is 5.11 Å². The summed E-state index contributed by atoms with van der Waals surface area (Å²) in [5, 5.41) is 24.5. The molecule has 6 nitrogen and oxygen atoms in total. The van der Waals surface area contributed by atoms with Gasteiger partial charge in [-0.2, -0.15) is 13.7 Å². The van der Waals surface area contributed by atoms with E-state index >= 15 is 0 Å². The van der Waals surface area contributed by atoms with Gasteiger partial charge in [-0.3, -0.25) is 4.28 Å². The van der Waals surface area contributed by atoms with Crippen LogP contribution in [0.3, 0.4) is 0 Å². The van der Waals surface area contributed by atoms with Crippen LogP contribution < -0.4 is 0 Å². The molecule has 2 bridgehead atoms. The minimum Gasteiger partial charge on any atom is -0.392 e. The first-order chi connectivity index (χ1) is 14.6. The van der Waals surface area contributed by atoms with Crippen LogP contribution in [0.15, 0.2) is 46.5 Å². The zero-order valence-corrected chi connectivity index (χ0v) is 19.5. The Hall–Kier alpha value is -2.08. The van der Waals surface area contributed by atoms with E-state index in [2.05, 4.69) is 11.2 Å². The molecule has 0 radical (unpaired) electrons. The van der Waals surface area contributed by atoms with E-state index in [0.29, 0.717) is 34.3 Å². The Morgan fingerprint density at radius 1 is 1.35 bits per heavy atom. The normalized spacial score (nSPS) is 31.8. The summed E-state index contributed by atoms with van der Waals surface area (Å²) >= 11 is 1.20. The van der Waals surface area contributed by atoms with Gasteiger partial charge in [0, 0.05) is 10.3 Å². The fourth-order valence-electron chi connectivity index (χ4n) is 5.43. The van der Waals surface area contributed by atoms with Crippen molar-refractivity contribution >= 4 is 32.5 Å². The standard InChI is InChI=1S/C23H26N2O4S2/c1-15-6-4-5-7-17(15)18(13-24)19-8-9-21(30-19)25-29-31(27,28)14-23-11-10-16(12-20(23)26)22(23,2)3/h4-9,16,20,26H,10-12,14H2,1-3H3/b19-18+,25-21+. The molecule has 1 heterocycles. The topological polar surface area (TPSA) is 99.8 Å². The second-order valence-corrected chi connectivity index (χ2v) is 11.8. The predicted molar refractivity (Wildman–Crippen MR) is 122 cm³/mol. The zero-order chi connectivity index (χ0) is 22.4. The first-order valence-corrected chi connectivity index (χ1v) is 12.7. The van der Waals surface area contributed by atoms with Gasteiger partial charge in [0.05, 0.1) is 17.4 Å². The Morgan fingerprint density at radius 3 is 2.71 bits per heavy atom.